The molecule has 2 rings (SSSR count). The number of hydrogen-bond acceptors (Lipinski definition) is 5. The number of aliphatic carboxylic acids is 1. The molecule has 1 unspecified atom stereocenters. The van der Waals surface area contributed by atoms with Crippen LogP contribution in [0.25, 0.3) is 0 Å². The number of ether oxygens (including phenoxy) is 2. The molecule has 1 N–H and O–H groups in total. The van der Waals surface area contributed by atoms with Crippen LogP contribution in [0.2, 0.25) is 0 Å². The first-order valence-electron chi connectivity index (χ1n) is 9.48. The summed E-state index contributed by atoms with van der Waals surface area (Å²) in [5, 5.41) is 9.00. The van der Waals surface area contributed by atoms with Gasteiger partial charge in [0.1, 0.15) is 0 Å². The quantitative estimate of drug-likeness (QED) is 0.687. The number of carboxylic acids is 1. The molecule has 1 aromatic carbocycles. The topological polar surface area (TPSA) is 79.3 Å². The second kappa shape index (κ2) is 10.1. The maximum absolute atomic E-state index is 13.1. The van der Waals surface area contributed by atoms with Gasteiger partial charge in [-0.3, -0.25) is 14.5 Å². The second-order valence-electron chi connectivity index (χ2n) is 7.05. The lowest BCUT2D eigenvalue weighted by atomic mass is 10.0. The van der Waals surface area contributed by atoms with Crippen molar-refractivity contribution in [2.24, 2.45) is 0 Å². The number of nitrogens with zero attached hydrogens (tertiary/aromatic N) is 2. The number of methoxy groups -OCH3 is 2. The minimum Gasteiger partial charge on any atom is -0.493 e. The molecule has 1 aromatic rings. The van der Waals surface area contributed by atoms with Gasteiger partial charge in [-0.15, -0.1) is 6.58 Å². The van der Waals surface area contributed by atoms with Crippen LogP contribution in [0.1, 0.15) is 35.2 Å². The predicted octanol–water partition coefficient (Wildman–Crippen LogP) is 2.44. The summed E-state index contributed by atoms with van der Waals surface area (Å²) in [6.45, 7) is 5.03. The maximum Gasteiger partial charge on any atom is 0.317 e. The van der Waals surface area contributed by atoms with Gasteiger partial charge >= 0.3 is 5.97 Å². The Morgan fingerprint density at radius 1 is 1.29 bits per heavy atom. The van der Waals surface area contributed by atoms with Gasteiger partial charge in [-0.05, 0) is 44.9 Å². The van der Waals surface area contributed by atoms with Crippen LogP contribution in [0.4, 0.5) is 0 Å². The van der Waals surface area contributed by atoms with E-state index in [-0.39, 0.29) is 18.5 Å². The molecule has 1 amide bonds. The van der Waals surface area contributed by atoms with Gasteiger partial charge in [0.2, 0.25) is 0 Å². The summed E-state index contributed by atoms with van der Waals surface area (Å²) in [7, 11) is 4.96. The summed E-state index contributed by atoms with van der Waals surface area (Å²) in [5.41, 5.74) is 1.42. The zero-order chi connectivity index (χ0) is 20.7. The summed E-state index contributed by atoms with van der Waals surface area (Å²) in [5.74, 6) is 0.261. The van der Waals surface area contributed by atoms with E-state index >= 15 is 0 Å². The highest BCUT2D eigenvalue weighted by Crippen LogP contribution is 2.34. The number of hydrogen-bond donors (Lipinski definition) is 1. The molecule has 0 radical (unpaired) electrons. The van der Waals surface area contributed by atoms with Crippen LogP contribution < -0.4 is 9.47 Å². The standard InChI is InChI=1S/C21H30N2O5/c1-5-7-15-12-16(13-18(27-3)20(15)28-4)21(26)23-10-6-8-17(9-11-23)22(2)14-19(24)25/h5,12-13,17H,1,6-11,14H2,2-4H3,(H,24,25). The lowest BCUT2D eigenvalue weighted by Gasteiger charge is -2.26. The SMILES string of the molecule is C=CCc1cc(C(=O)N2CCCC(N(C)CC(=O)O)CC2)cc(OC)c1OC. The molecule has 28 heavy (non-hydrogen) atoms. The molecule has 0 spiro atoms. The Balaban J connectivity index is 2.18. The minimum atomic E-state index is -0.834. The van der Waals surface area contributed by atoms with Crippen LogP contribution >= 0.6 is 0 Å². The number of carboxylic acid groups (broad SMARTS) is 1. The Morgan fingerprint density at radius 3 is 2.64 bits per heavy atom. The molecule has 7 nitrogen and oxygen atoms in total. The van der Waals surface area contributed by atoms with Crippen LogP contribution in [-0.2, 0) is 11.2 Å². The van der Waals surface area contributed by atoms with Crippen LogP contribution in [-0.4, -0.2) is 73.7 Å². The summed E-state index contributed by atoms with van der Waals surface area (Å²) in [6, 6.07) is 3.72. The molecule has 0 bridgehead atoms. The summed E-state index contributed by atoms with van der Waals surface area (Å²) in [4.78, 5) is 27.8. The number of benzene rings is 1. The van der Waals surface area contributed by atoms with E-state index in [2.05, 4.69) is 6.58 Å². The molecule has 154 valence electrons. The third-order valence-electron chi connectivity index (χ3n) is 5.16. The molecule has 1 heterocycles. The molecule has 7 heteroatoms. The maximum atomic E-state index is 13.1. The number of likely N-dealkylation sites (tertiary alicyclic amines) is 1. The summed E-state index contributed by atoms with van der Waals surface area (Å²) < 4.78 is 10.9. The number of likely N-dealkylation sites (N-methyl/N-ethyl adjacent to an activating group) is 1. The van der Waals surface area contributed by atoms with E-state index in [1.54, 1.807) is 26.4 Å². The molecule has 0 aliphatic carbocycles. The van der Waals surface area contributed by atoms with Gasteiger partial charge in [0.15, 0.2) is 11.5 Å². The van der Waals surface area contributed by atoms with Gasteiger partial charge < -0.3 is 19.5 Å². The Morgan fingerprint density at radius 2 is 2.04 bits per heavy atom. The monoisotopic (exact) mass is 390 g/mol. The first-order valence-corrected chi connectivity index (χ1v) is 9.48. The first kappa shape index (κ1) is 21.8. The lowest BCUT2D eigenvalue weighted by molar-refractivity contribution is -0.138. The number of allylic oxidation sites excluding steroid dienone is 1. The van der Waals surface area contributed by atoms with E-state index in [4.69, 9.17) is 14.6 Å². The van der Waals surface area contributed by atoms with Crippen LogP contribution in [0.5, 0.6) is 11.5 Å². The van der Waals surface area contributed by atoms with Crippen LogP contribution in [0, 0.1) is 0 Å². The number of rotatable bonds is 8. The molecular weight excluding hydrogens is 360 g/mol. The molecule has 1 aliphatic heterocycles. The fourth-order valence-corrected chi connectivity index (χ4v) is 3.72. The highest BCUT2D eigenvalue weighted by molar-refractivity contribution is 5.95. The van der Waals surface area contributed by atoms with Crippen molar-refractivity contribution in [2.45, 2.75) is 31.7 Å². The third-order valence-corrected chi connectivity index (χ3v) is 5.16. The Labute approximate surface area is 166 Å². The van der Waals surface area contributed by atoms with Gasteiger partial charge in [-0.1, -0.05) is 6.08 Å². The van der Waals surface area contributed by atoms with Crippen molar-refractivity contribution in [2.75, 3.05) is 40.9 Å². The number of carbonyl (C=O) groups is 2. The first-order chi connectivity index (χ1) is 13.4. The third kappa shape index (κ3) is 5.25. The van der Waals surface area contributed by atoms with Gasteiger partial charge in [-0.2, -0.15) is 0 Å². The van der Waals surface area contributed by atoms with Crippen molar-refractivity contribution in [3.8, 4) is 11.5 Å². The fraction of sp³-hybridized carbons (Fsp3) is 0.524. The lowest BCUT2D eigenvalue weighted by Crippen LogP contribution is -2.37. The van der Waals surface area contributed by atoms with Crippen molar-refractivity contribution in [3.63, 3.8) is 0 Å². The van der Waals surface area contributed by atoms with E-state index in [1.165, 1.54) is 0 Å². The van der Waals surface area contributed by atoms with Gasteiger partial charge in [0.05, 0.1) is 20.8 Å². The molecule has 1 aliphatic rings. The Hall–Kier alpha value is -2.54. The predicted molar refractivity (Wildman–Crippen MR) is 107 cm³/mol. The van der Waals surface area contributed by atoms with Gasteiger partial charge in [0, 0.05) is 30.3 Å². The smallest absolute Gasteiger partial charge is 0.317 e. The van der Waals surface area contributed by atoms with Gasteiger partial charge in [-0.25, -0.2) is 0 Å². The van der Waals surface area contributed by atoms with Crippen LogP contribution in [0.15, 0.2) is 24.8 Å². The van der Waals surface area contributed by atoms with Crippen LogP contribution in [0.3, 0.4) is 0 Å². The van der Waals surface area contributed by atoms with E-state index in [9.17, 15) is 9.59 Å². The molecule has 1 fully saturated rings. The Kier molecular flexibility index (Phi) is 7.87. The van der Waals surface area contributed by atoms with Crippen molar-refractivity contribution >= 4 is 11.9 Å². The zero-order valence-electron chi connectivity index (χ0n) is 16.9. The number of carbonyl (C=O) groups excluding carboxylic acids is 1. The summed E-state index contributed by atoms with van der Waals surface area (Å²) in [6.07, 6.45) is 4.81. The molecular formula is C21H30N2O5. The fourth-order valence-electron chi connectivity index (χ4n) is 3.72. The van der Waals surface area contributed by atoms with Gasteiger partial charge in [0.25, 0.3) is 5.91 Å². The molecule has 1 saturated heterocycles. The Bertz CT molecular complexity index is 719. The largest absolute Gasteiger partial charge is 0.493 e. The van der Waals surface area contributed by atoms with Crippen molar-refractivity contribution < 1.29 is 24.2 Å². The van der Waals surface area contributed by atoms with E-state index < -0.39 is 5.97 Å². The average Bonchev–Trinajstić information content (AvgIpc) is 2.92. The normalized spacial score (nSPS) is 17.1. The minimum absolute atomic E-state index is 0.0131. The molecule has 1 atom stereocenters. The zero-order valence-corrected chi connectivity index (χ0v) is 16.9. The van der Waals surface area contributed by atoms with Crippen molar-refractivity contribution in [1.29, 1.82) is 0 Å². The molecule has 0 saturated carbocycles. The summed E-state index contributed by atoms with van der Waals surface area (Å²) >= 11 is 0. The highest BCUT2D eigenvalue weighted by atomic mass is 16.5. The highest BCUT2D eigenvalue weighted by Gasteiger charge is 2.26. The van der Waals surface area contributed by atoms with E-state index in [1.807, 2.05) is 22.9 Å². The second-order valence-corrected chi connectivity index (χ2v) is 7.05. The van der Waals surface area contributed by atoms with Crippen molar-refractivity contribution in [3.05, 3.63) is 35.9 Å². The molecule has 0 aromatic heterocycles. The van der Waals surface area contributed by atoms with Crippen molar-refractivity contribution in [1.82, 2.24) is 9.80 Å². The number of amides is 1. The average molecular weight is 390 g/mol. The van der Waals surface area contributed by atoms with E-state index in [0.717, 1.165) is 24.8 Å². The van der Waals surface area contributed by atoms with E-state index in [0.29, 0.717) is 36.6 Å².